The van der Waals surface area contributed by atoms with E-state index >= 15 is 0 Å². The number of hydrogen-bond donors (Lipinski definition) is 1. The number of carbonyl (C=O) groups is 1. The Kier molecular flexibility index (Phi) is 3.85. The highest BCUT2D eigenvalue weighted by Crippen LogP contribution is 2.29. The van der Waals surface area contributed by atoms with Crippen LogP contribution in [0.4, 0.5) is 0 Å². The van der Waals surface area contributed by atoms with Crippen molar-refractivity contribution in [1.29, 1.82) is 0 Å². The minimum Gasteiger partial charge on any atom is -0.478 e. The molecule has 1 aromatic rings. The zero-order valence-electron chi connectivity index (χ0n) is 10.2. The molecule has 7 heteroatoms. The van der Waals surface area contributed by atoms with Gasteiger partial charge in [0, 0.05) is 11.6 Å². The van der Waals surface area contributed by atoms with E-state index in [2.05, 4.69) is 0 Å². The third kappa shape index (κ3) is 2.61. The summed E-state index contributed by atoms with van der Waals surface area (Å²) in [6.45, 7) is 2.01. The van der Waals surface area contributed by atoms with Crippen LogP contribution in [-0.2, 0) is 14.6 Å². The van der Waals surface area contributed by atoms with Gasteiger partial charge in [0.2, 0.25) is 0 Å². The molecule has 0 spiro atoms. The zero-order chi connectivity index (χ0) is 14.2. The third-order valence-electron chi connectivity index (χ3n) is 3.19. The Morgan fingerprint density at radius 1 is 1.47 bits per heavy atom. The average Bonchev–Trinajstić information content (AvgIpc) is 2.85. The molecule has 5 nitrogen and oxygen atoms in total. The largest absolute Gasteiger partial charge is 0.478 e. The van der Waals surface area contributed by atoms with E-state index in [0.717, 1.165) is 0 Å². The molecule has 1 aromatic carbocycles. The highest BCUT2D eigenvalue weighted by molar-refractivity contribution is 7.92. The monoisotopic (exact) mass is 304 g/mol. The van der Waals surface area contributed by atoms with Gasteiger partial charge in [0.25, 0.3) is 0 Å². The number of carboxylic acid groups (broad SMARTS) is 1. The Morgan fingerprint density at radius 2 is 2.16 bits per heavy atom. The maximum Gasteiger partial charge on any atom is 0.336 e. The van der Waals surface area contributed by atoms with Gasteiger partial charge in [0.05, 0.1) is 22.3 Å². The van der Waals surface area contributed by atoms with Crippen molar-refractivity contribution in [2.45, 2.75) is 23.5 Å². The highest BCUT2D eigenvalue weighted by Gasteiger charge is 2.33. The van der Waals surface area contributed by atoms with Crippen LogP contribution in [0.3, 0.4) is 0 Å². The fourth-order valence-electron chi connectivity index (χ4n) is 2.11. The fourth-order valence-corrected chi connectivity index (χ4v) is 4.26. The molecule has 1 heterocycles. The summed E-state index contributed by atoms with van der Waals surface area (Å²) >= 11 is 5.82. The number of sulfone groups is 1. The van der Waals surface area contributed by atoms with Crippen molar-refractivity contribution in [1.82, 2.24) is 0 Å². The number of benzene rings is 1. The van der Waals surface area contributed by atoms with Gasteiger partial charge in [-0.1, -0.05) is 11.6 Å². The first-order chi connectivity index (χ1) is 8.84. The van der Waals surface area contributed by atoms with Crippen molar-refractivity contribution in [3.05, 3.63) is 28.3 Å². The summed E-state index contributed by atoms with van der Waals surface area (Å²) in [5.41, 5.74) is 0.119. The maximum absolute atomic E-state index is 12.5. The lowest BCUT2D eigenvalue weighted by atomic mass is 10.1. The Balaban J connectivity index is 2.59. The topological polar surface area (TPSA) is 80.7 Å². The predicted octanol–water partition coefficient (Wildman–Crippen LogP) is 1.91. The van der Waals surface area contributed by atoms with Crippen molar-refractivity contribution < 1.29 is 23.1 Å². The normalized spacial score (nSPS) is 19.6. The highest BCUT2D eigenvalue weighted by atomic mass is 35.5. The van der Waals surface area contributed by atoms with E-state index in [1.165, 1.54) is 19.1 Å². The molecule has 0 radical (unpaired) electrons. The Labute approximate surface area is 116 Å². The van der Waals surface area contributed by atoms with Crippen molar-refractivity contribution >= 4 is 27.4 Å². The standard InChI is InChI=1S/C12H13ClO5S/c1-7-10(12(14)15)4-8(13)5-11(7)19(16,17)9-2-3-18-6-9/h4-5,9H,2-3,6H2,1H3,(H,14,15). The molecule has 0 bridgehead atoms. The van der Waals surface area contributed by atoms with Gasteiger partial charge in [-0.15, -0.1) is 0 Å². The lowest BCUT2D eigenvalue weighted by molar-refractivity contribution is 0.0696. The first kappa shape index (κ1) is 14.3. The summed E-state index contributed by atoms with van der Waals surface area (Å²) in [6.07, 6.45) is 0.413. The van der Waals surface area contributed by atoms with Gasteiger partial charge in [-0.3, -0.25) is 0 Å². The van der Waals surface area contributed by atoms with Crippen molar-refractivity contribution in [2.75, 3.05) is 13.2 Å². The summed E-state index contributed by atoms with van der Waals surface area (Å²) in [6, 6.07) is 2.56. The lowest BCUT2D eigenvalue weighted by Crippen LogP contribution is -2.23. The van der Waals surface area contributed by atoms with Gasteiger partial charge in [-0.05, 0) is 31.0 Å². The van der Waals surface area contributed by atoms with Crippen LogP contribution < -0.4 is 0 Å². The Bertz CT molecular complexity index is 617. The summed E-state index contributed by atoms with van der Waals surface area (Å²) < 4.78 is 30.0. The predicted molar refractivity (Wildman–Crippen MR) is 69.6 cm³/mol. The number of hydrogen-bond acceptors (Lipinski definition) is 4. The summed E-state index contributed by atoms with van der Waals surface area (Å²) in [7, 11) is -3.62. The van der Waals surface area contributed by atoms with E-state index in [1.54, 1.807) is 0 Å². The molecule has 0 amide bonds. The van der Waals surface area contributed by atoms with Gasteiger partial charge in [-0.25, -0.2) is 13.2 Å². The number of carboxylic acids is 1. The van der Waals surface area contributed by atoms with Crippen LogP contribution in [0.15, 0.2) is 17.0 Å². The second-order valence-corrected chi connectivity index (χ2v) is 7.05. The molecule has 1 aliphatic heterocycles. The summed E-state index contributed by atoms with van der Waals surface area (Å²) in [5, 5.41) is 8.53. The lowest BCUT2D eigenvalue weighted by Gasteiger charge is -2.14. The van der Waals surface area contributed by atoms with E-state index in [-0.39, 0.29) is 27.7 Å². The van der Waals surface area contributed by atoms with E-state index in [4.69, 9.17) is 21.4 Å². The zero-order valence-corrected chi connectivity index (χ0v) is 11.8. The molecule has 104 valence electrons. The minimum atomic E-state index is -3.62. The van der Waals surface area contributed by atoms with Crippen LogP contribution in [-0.4, -0.2) is 38.0 Å². The Morgan fingerprint density at radius 3 is 2.68 bits per heavy atom. The quantitative estimate of drug-likeness (QED) is 0.922. The molecule has 1 N–H and O–H groups in total. The second-order valence-electron chi connectivity index (χ2n) is 4.41. The molecule has 1 saturated heterocycles. The SMILES string of the molecule is Cc1c(C(=O)O)cc(Cl)cc1S(=O)(=O)C1CCOC1. The molecule has 1 unspecified atom stereocenters. The first-order valence-corrected chi connectivity index (χ1v) is 7.61. The minimum absolute atomic E-state index is 0.0205. The maximum atomic E-state index is 12.5. The number of halogens is 1. The summed E-state index contributed by atoms with van der Waals surface area (Å²) in [4.78, 5) is 11.1. The van der Waals surface area contributed by atoms with E-state index in [1.807, 2.05) is 0 Å². The molecule has 1 atom stereocenters. The van der Waals surface area contributed by atoms with E-state index in [9.17, 15) is 13.2 Å². The second kappa shape index (κ2) is 5.11. The average molecular weight is 305 g/mol. The van der Waals surface area contributed by atoms with Crippen LogP contribution in [0.1, 0.15) is 22.3 Å². The van der Waals surface area contributed by atoms with Crippen LogP contribution in [0.2, 0.25) is 5.02 Å². The van der Waals surface area contributed by atoms with Gasteiger partial charge >= 0.3 is 5.97 Å². The summed E-state index contributed by atoms with van der Waals surface area (Å²) in [5.74, 6) is -1.20. The number of aromatic carboxylic acids is 1. The van der Waals surface area contributed by atoms with E-state index in [0.29, 0.717) is 13.0 Å². The smallest absolute Gasteiger partial charge is 0.336 e. The van der Waals surface area contributed by atoms with Crippen LogP contribution in [0.25, 0.3) is 0 Å². The molecular weight excluding hydrogens is 292 g/mol. The molecule has 2 rings (SSSR count). The van der Waals surface area contributed by atoms with Crippen LogP contribution in [0.5, 0.6) is 0 Å². The van der Waals surface area contributed by atoms with Crippen LogP contribution >= 0.6 is 11.6 Å². The van der Waals surface area contributed by atoms with Crippen LogP contribution in [0, 0.1) is 6.92 Å². The molecule has 1 aliphatic rings. The van der Waals surface area contributed by atoms with E-state index < -0.39 is 21.1 Å². The molecule has 19 heavy (non-hydrogen) atoms. The van der Waals surface area contributed by atoms with Crippen molar-refractivity contribution in [2.24, 2.45) is 0 Å². The molecule has 0 aliphatic carbocycles. The number of ether oxygens (including phenoxy) is 1. The van der Waals surface area contributed by atoms with Gasteiger partial charge in [0.15, 0.2) is 9.84 Å². The van der Waals surface area contributed by atoms with Crippen molar-refractivity contribution in [3.8, 4) is 0 Å². The number of rotatable bonds is 3. The van der Waals surface area contributed by atoms with Crippen molar-refractivity contribution in [3.63, 3.8) is 0 Å². The first-order valence-electron chi connectivity index (χ1n) is 5.69. The van der Waals surface area contributed by atoms with Gasteiger partial charge in [-0.2, -0.15) is 0 Å². The molecular formula is C12H13ClO5S. The third-order valence-corrected chi connectivity index (χ3v) is 5.69. The molecule has 1 fully saturated rings. The van der Waals surface area contributed by atoms with Gasteiger partial charge in [0.1, 0.15) is 0 Å². The van der Waals surface area contributed by atoms with Gasteiger partial charge < -0.3 is 9.84 Å². The fraction of sp³-hybridized carbons (Fsp3) is 0.417. The molecule has 0 saturated carbocycles. The Hall–Kier alpha value is -1.11. The molecule has 0 aromatic heterocycles.